The van der Waals surface area contributed by atoms with Gasteiger partial charge < -0.3 is 0 Å². The lowest BCUT2D eigenvalue weighted by molar-refractivity contribution is 0.203. The number of piperidine rings is 1. The molecule has 5 nitrogen and oxygen atoms in total. The highest BCUT2D eigenvalue weighted by Crippen LogP contribution is 2.33. The zero-order chi connectivity index (χ0) is 15.6. The Morgan fingerprint density at radius 1 is 1.17 bits per heavy atom. The maximum absolute atomic E-state index is 4.26. The SMILES string of the molecule is Brc1ccc(-c2[nH]ncc2CN2CCC(c3ccn[nH]3)CC2)s1. The monoisotopic (exact) mass is 391 g/mol. The van der Waals surface area contributed by atoms with Gasteiger partial charge in [-0.2, -0.15) is 10.2 Å². The third kappa shape index (κ3) is 3.27. The molecule has 3 aromatic heterocycles. The Hall–Kier alpha value is -1.44. The Kier molecular flexibility index (Phi) is 4.33. The fourth-order valence-corrected chi connectivity index (χ4v) is 4.65. The predicted molar refractivity (Wildman–Crippen MR) is 95.4 cm³/mol. The van der Waals surface area contributed by atoms with Crippen LogP contribution in [-0.2, 0) is 6.54 Å². The number of hydrogen-bond acceptors (Lipinski definition) is 4. The van der Waals surface area contributed by atoms with Crippen LogP contribution in [0.2, 0.25) is 0 Å². The molecule has 0 atom stereocenters. The second-order valence-electron chi connectivity index (χ2n) is 5.94. The Bertz CT molecular complexity index is 755. The van der Waals surface area contributed by atoms with E-state index in [2.05, 4.69) is 59.4 Å². The van der Waals surface area contributed by atoms with Gasteiger partial charge in [-0.1, -0.05) is 0 Å². The van der Waals surface area contributed by atoms with E-state index < -0.39 is 0 Å². The van der Waals surface area contributed by atoms with E-state index in [0.29, 0.717) is 5.92 Å². The lowest BCUT2D eigenvalue weighted by Crippen LogP contribution is -2.32. The molecule has 2 N–H and O–H groups in total. The summed E-state index contributed by atoms with van der Waals surface area (Å²) in [5.74, 6) is 0.617. The number of thiophene rings is 1. The highest BCUT2D eigenvalue weighted by Gasteiger charge is 2.22. The van der Waals surface area contributed by atoms with Crippen molar-refractivity contribution in [1.82, 2.24) is 25.3 Å². The molecule has 0 spiro atoms. The number of aromatic nitrogens is 4. The first kappa shape index (κ1) is 15.1. The van der Waals surface area contributed by atoms with Crippen LogP contribution in [0.3, 0.4) is 0 Å². The third-order valence-corrected chi connectivity index (χ3v) is 6.12. The van der Waals surface area contributed by atoms with Gasteiger partial charge in [0.1, 0.15) is 0 Å². The number of aromatic amines is 2. The van der Waals surface area contributed by atoms with Crippen molar-refractivity contribution in [2.75, 3.05) is 13.1 Å². The van der Waals surface area contributed by atoms with Crippen LogP contribution < -0.4 is 0 Å². The molecule has 0 aromatic carbocycles. The molecule has 0 bridgehead atoms. The largest absolute Gasteiger partial charge is 0.299 e. The summed E-state index contributed by atoms with van der Waals surface area (Å²) in [6.45, 7) is 3.18. The van der Waals surface area contributed by atoms with E-state index in [1.807, 2.05) is 12.4 Å². The van der Waals surface area contributed by atoms with Crippen LogP contribution >= 0.6 is 27.3 Å². The molecule has 1 aliphatic rings. The predicted octanol–water partition coefficient (Wildman–Crippen LogP) is 4.00. The number of hydrogen-bond donors (Lipinski definition) is 2. The van der Waals surface area contributed by atoms with E-state index in [4.69, 9.17) is 0 Å². The van der Waals surface area contributed by atoms with Crippen molar-refractivity contribution >= 4 is 27.3 Å². The molecule has 1 fully saturated rings. The summed E-state index contributed by atoms with van der Waals surface area (Å²) in [4.78, 5) is 3.75. The fraction of sp³-hybridized carbons (Fsp3) is 0.375. The maximum Gasteiger partial charge on any atom is 0.0795 e. The van der Waals surface area contributed by atoms with Crippen LogP contribution in [0.15, 0.2) is 34.4 Å². The molecule has 1 saturated heterocycles. The highest BCUT2D eigenvalue weighted by atomic mass is 79.9. The van der Waals surface area contributed by atoms with Crippen molar-refractivity contribution in [2.24, 2.45) is 0 Å². The van der Waals surface area contributed by atoms with E-state index in [1.54, 1.807) is 11.3 Å². The second kappa shape index (κ2) is 6.59. The van der Waals surface area contributed by atoms with Crippen molar-refractivity contribution in [3.8, 4) is 10.6 Å². The summed E-state index contributed by atoms with van der Waals surface area (Å²) in [5, 5.41) is 14.6. The summed E-state index contributed by atoms with van der Waals surface area (Å²) in [6, 6.07) is 6.32. The molecule has 0 unspecified atom stereocenters. The molecule has 7 heteroatoms. The molecule has 1 aliphatic heterocycles. The first-order valence-electron chi connectivity index (χ1n) is 7.79. The number of nitrogens with one attached hydrogen (secondary N) is 2. The lowest BCUT2D eigenvalue weighted by atomic mass is 9.93. The van der Waals surface area contributed by atoms with Crippen molar-refractivity contribution in [1.29, 1.82) is 0 Å². The number of H-pyrrole nitrogens is 2. The van der Waals surface area contributed by atoms with E-state index in [1.165, 1.54) is 29.0 Å². The molecule has 23 heavy (non-hydrogen) atoms. The summed E-state index contributed by atoms with van der Waals surface area (Å²) in [5.41, 5.74) is 3.70. The van der Waals surface area contributed by atoms with E-state index in [0.717, 1.165) is 29.1 Å². The van der Waals surface area contributed by atoms with Gasteiger partial charge in [-0.3, -0.25) is 15.1 Å². The highest BCUT2D eigenvalue weighted by molar-refractivity contribution is 9.11. The smallest absolute Gasteiger partial charge is 0.0795 e. The van der Waals surface area contributed by atoms with Gasteiger partial charge in [-0.05, 0) is 60.1 Å². The Morgan fingerprint density at radius 3 is 2.74 bits per heavy atom. The molecule has 0 radical (unpaired) electrons. The standard InChI is InChI=1S/C16H18BrN5S/c17-15-2-1-14(23-15)16-12(9-19-21-16)10-22-7-4-11(5-8-22)13-3-6-18-20-13/h1-3,6,9,11H,4-5,7-8,10H2,(H,18,20)(H,19,21). The summed E-state index contributed by atoms with van der Waals surface area (Å²) in [6.07, 6.45) is 6.17. The van der Waals surface area contributed by atoms with Crippen molar-refractivity contribution in [2.45, 2.75) is 25.3 Å². The number of halogens is 1. The van der Waals surface area contributed by atoms with Crippen LogP contribution in [0.5, 0.6) is 0 Å². The first-order chi connectivity index (χ1) is 11.3. The second-order valence-corrected chi connectivity index (χ2v) is 8.40. The summed E-state index contributed by atoms with van der Waals surface area (Å²) >= 11 is 5.27. The molecular formula is C16H18BrN5S. The first-order valence-corrected chi connectivity index (χ1v) is 9.40. The van der Waals surface area contributed by atoms with Gasteiger partial charge in [0, 0.05) is 29.9 Å². The van der Waals surface area contributed by atoms with E-state index >= 15 is 0 Å². The molecule has 3 aromatic rings. The minimum Gasteiger partial charge on any atom is -0.299 e. The van der Waals surface area contributed by atoms with E-state index in [-0.39, 0.29) is 0 Å². The average molecular weight is 392 g/mol. The Balaban J connectivity index is 1.41. The van der Waals surface area contributed by atoms with Crippen LogP contribution in [0, 0.1) is 0 Å². The molecule has 0 amide bonds. The summed E-state index contributed by atoms with van der Waals surface area (Å²) in [7, 11) is 0. The normalized spacial score (nSPS) is 16.9. The average Bonchev–Trinajstić information content (AvgIpc) is 3.29. The quantitative estimate of drug-likeness (QED) is 0.706. The van der Waals surface area contributed by atoms with Gasteiger partial charge in [0.2, 0.25) is 0 Å². The zero-order valence-electron chi connectivity index (χ0n) is 12.6. The lowest BCUT2D eigenvalue weighted by Gasteiger charge is -2.31. The maximum atomic E-state index is 4.26. The molecule has 0 saturated carbocycles. The van der Waals surface area contributed by atoms with Gasteiger partial charge in [0.15, 0.2) is 0 Å². The topological polar surface area (TPSA) is 60.6 Å². The van der Waals surface area contributed by atoms with Gasteiger partial charge in [0.25, 0.3) is 0 Å². The Morgan fingerprint density at radius 2 is 2.04 bits per heavy atom. The zero-order valence-corrected chi connectivity index (χ0v) is 15.0. The molecule has 4 rings (SSSR count). The minimum absolute atomic E-state index is 0.617. The molecule has 4 heterocycles. The van der Waals surface area contributed by atoms with Gasteiger partial charge in [0.05, 0.1) is 20.6 Å². The number of likely N-dealkylation sites (tertiary alicyclic amines) is 1. The summed E-state index contributed by atoms with van der Waals surface area (Å²) < 4.78 is 1.15. The number of rotatable bonds is 4. The van der Waals surface area contributed by atoms with Crippen LogP contribution in [0.4, 0.5) is 0 Å². The van der Waals surface area contributed by atoms with E-state index in [9.17, 15) is 0 Å². The number of nitrogens with zero attached hydrogens (tertiary/aromatic N) is 3. The van der Waals surface area contributed by atoms with Crippen molar-refractivity contribution in [3.05, 3.63) is 45.6 Å². The van der Waals surface area contributed by atoms with Crippen molar-refractivity contribution < 1.29 is 0 Å². The van der Waals surface area contributed by atoms with Crippen LogP contribution in [0.1, 0.15) is 30.0 Å². The molecule has 120 valence electrons. The van der Waals surface area contributed by atoms with Crippen molar-refractivity contribution in [3.63, 3.8) is 0 Å². The fourth-order valence-electron chi connectivity index (χ4n) is 3.23. The molecule has 0 aliphatic carbocycles. The minimum atomic E-state index is 0.617. The Labute approximate surface area is 147 Å². The van der Waals surface area contributed by atoms with Crippen LogP contribution in [0.25, 0.3) is 10.6 Å². The van der Waals surface area contributed by atoms with Gasteiger partial charge >= 0.3 is 0 Å². The van der Waals surface area contributed by atoms with Gasteiger partial charge in [-0.15, -0.1) is 11.3 Å². The molecular weight excluding hydrogens is 374 g/mol. The third-order valence-electron chi connectivity index (χ3n) is 4.48. The van der Waals surface area contributed by atoms with Crippen LogP contribution in [-0.4, -0.2) is 38.4 Å². The van der Waals surface area contributed by atoms with Gasteiger partial charge in [-0.25, -0.2) is 0 Å².